The van der Waals surface area contributed by atoms with Gasteiger partial charge in [0.25, 0.3) is 0 Å². The fourth-order valence-corrected chi connectivity index (χ4v) is 3.54. The van der Waals surface area contributed by atoms with Gasteiger partial charge in [-0.2, -0.15) is 5.10 Å². The van der Waals surface area contributed by atoms with Crippen molar-refractivity contribution < 1.29 is 9.84 Å². The van der Waals surface area contributed by atoms with Gasteiger partial charge in [0.2, 0.25) is 0 Å². The molecule has 2 aromatic rings. The van der Waals surface area contributed by atoms with Gasteiger partial charge in [0, 0.05) is 24.9 Å². The Bertz CT molecular complexity index is 630. The molecule has 0 radical (unpaired) electrons. The van der Waals surface area contributed by atoms with Gasteiger partial charge in [0.05, 0.1) is 13.3 Å². The van der Waals surface area contributed by atoms with Crippen LogP contribution in [0.3, 0.4) is 0 Å². The maximum absolute atomic E-state index is 9.31. The van der Waals surface area contributed by atoms with Crippen LogP contribution in [-0.4, -0.2) is 28.6 Å². The largest absolute Gasteiger partial charge is 0.497 e. The van der Waals surface area contributed by atoms with Crippen molar-refractivity contribution in [1.29, 1.82) is 0 Å². The van der Waals surface area contributed by atoms with E-state index < -0.39 is 0 Å². The van der Waals surface area contributed by atoms with Crippen molar-refractivity contribution in [1.82, 2.24) is 9.78 Å². The summed E-state index contributed by atoms with van der Waals surface area (Å²) < 4.78 is 7.38. The molecule has 1 aliphatic rings. The molecule has 0 aliphatic heterocycles. The quantitative estimate of drug-likeness (QED) is 0.885. The van der Waals surface area contributed by atoms with Crippen LogP contribution in [0, 0.1) is 5.92 Å². The molecule has 124 valence electrons. The molecule has 3 rings (SSSR count). The highest BCUT2D eigenvalue weighted by molar-refractivity contribution is 5.67. The van der Waals surface area contributed by atoms with Crippen molar-refractivity contribution in [2.45, 2.75) is 45.1 Å². The zero-order chi connectivity index (χ0) is 16.1. The van der Waals surface area contributed by atoms with Gasteiger partial charge in [-0.3, -0.25) is 4.68 Å². The minimum Gasteiger partial charge on any atom is -0.497 e. The molecule has 1 aliphatic carbocycles. The Hall–Kier alpha value is -1.81. The van der Waals surface area contributed by atoms with Gasteiger partial charge in [-0.1, -0.05) is 25.3 Å². The summed E-state index contributed by atoms with van der Waals surface area (Å²) in [4.78, 5) is 0. The third-order valence-electron chi connectivity index (χ3n) is 4.81. The van der Waals surface area contributed by atoms with E-state index in [0.29, 0.717) is 6.42 Å². The summed E-state index contributed by atoms with van der Waals surface area (Å²) in [5.41, 5.74) is 3.35. The lowest BCUT2D eigenvalue weighted by Crippen LogP contribution is -2.14. The molecule has 4 heteroatoms. The number of hydrogen-bond donors (Lipinski definition) is 1. The molecule has 1 N–H and O–H groups in total. The Balaban J connectivity index is 1.78. The van der Waals surface area contributed by atoms with Gasteiger partial charge in [-0.05, 0) is 48.4 Å². The van der Waals surface area contributed by atoms with E-state index in [1.54, 1.807) is 7.11 Å². The lowest BCUT2D eigenvalue weighted by molar-refractivity contribution is 0.299. The van der Waals surface area contributed by atoms with E-state index in [0.717, 1.165) is 34.9 Å². The summed E-state index contributed by atoms with van der Waals surface area (Å²) >= 11 is 0. The first-order valence-electron chi connectivity index (χ1n) is 8.60. The van der Waals surface area contributed by atoms with E-state index in [-0.39, 0.29) is 6.61 Å². The number of ether oxygens (including phenoxy) is 1. The Morgan fingerprint density at radius 3 is 2.83 bits per heavy atom. The Labute approximate surface area is 138 Å². The Kier molecular flexibility index (Phi) is 5.34. The molecule has 0 saturated heterocycles. The number of aromatic nitrogens is 2. The predicted molar refractivity (Wildman–Crippen MR) is 91.6 cm³/mol. The minimum atomic E-state index is 0.135. The van der Waals surface area contributed by atoms with Crippen LogP contribution in [-0.2, 0) is 13.0 Å². The lowest BCUT2D eigenvalue weighted by atomic mass is 9.89. The van der Waals surface area contributed by atoms with E-state index in [4.69, 9.17) is 4.74 Å². The fourth-order valence-electron chi connectivity index (χ4n) is 3.54. The smallest absolute Gasteiger partial charge is 0.119 e. The summed E-state index contributed by atoms with van der Waals surface area (Å²) in [7, 11) is 1.67. The minimum absolute atomic E-state index is 0.135. The summed E-state index contributed by atoms with van der Waals surface area (Å²) in [6, 6.07) is 6.03. The lowest BCUT2D eigenvalue weighted by Gasteiger charge is -2.21. The van der Waals surface area contributed by atoms with Crippen LogP contribution in [0.25, 0.3) is 11.1 Å². The molecule has 1 aromatic heterocycles. The zero-order valence-electron chi connectivity index (χ0n) is 13.9. The fraction of sp³-hybridized carbons (Fsp3) is 0.526. The van der Waals surface area contributed by atoms with E-state index in [1.807, 2.05) is 18.3 Å². The maximum atomic E-state index is 9.31. The first-order valence-corrected chi connectivity index (χ1v) is 8.60. The van der Waals surface area contributed by atoms with E-state index in [2.05, 4.69) is 22.0 Å². The van der Waals surface area contributed by atoms with Crippen molar-refractivity contribution >= 4 is 0 Å². The summed E-state index contributed by atoms with van der Waals surface area (Å²) in [6.07, 6.45) is 11.5. The second-order valence-corrected chi connectivity index (χ2v) is 6.45. The van der Waals surface area contributed by atoms with Gasteiger partial charge in [-0.15, -0.1) is 0 Å². The highest BCUT2D eigenvalue weighted by Gasteiger charge is 2.15. The summed E-state index contributed by atoms with van der Waals surface area (Å²) in [6.45, 7) is 1.15. The molecule has 1 heterocycles. The third kappa shape index (κ3) is 3.94. The third-order valence-corrected chi connectivity index (χ3v) is 4.81. The number of hydrogen-bond acceptors (Lipinski definition) is 3. The first kappa shape index (κ1) is 16.1. The van der Waals surface area contributed by atoms with Crippen molar-refractivity contribution in [3.63, 3.8) is 0 Å². The van der Waals surface area contributed by atoms with Crippen LogP contribution in [0.15, 0.2) is 30.6 Å². The molecule has 0 bridgehead atoms. The second kappa shape index (κ2) is 7.64. The van der Waals surface area contributed by atoms with Crippen molar-refractivity contribution in [2.75, 3.05) is 13.7 Å². The van der Waals surface area contributed by atoms with Crippen molar-refractivity contribution in [3.8, 4) is 16.9 Å². The van der Waals surface area contributed by atoms with Crippen molar-refractivity contribution in [3.05, 3.63) is 36.2 Å². The predicted octanol–water partition coefficient (Wildman–Crippen LogP) is 3.67. The molecule has 1 saturated carbocycles. The summed E-state index contributed by atoms with van der Waals surface area (Å²) in [5, 5.41) is 13.9. The van der Waals surface area contributed by atoms with Gasteiger partial charge in [0.15, 0.2) is 0 Å². The normalized spacial score (nSPS) is 15.7. The van der Waals surface area contributed by atoms with Gasteiger partial charge >= 0.3 is 0 Å². The molecule has 0 spiro atoms. The standard InChI is InChI=1S/C19H26N2O2/c1-23-18-7-8-19(16(11-18)9-10-22)17-12-20-21(14-17)13-15-5-3-2-4-6-15/h7-8,11-12,14-15,22H,2-6,9-10,13H2,1H3. The summed E-state index contributed by atoms with van der Waals surface area (Å²) in [5.74, 6) is 1.59. The molecule has 0 unspecified atom stereocenters. The van der Waals surface area contributed by atoms with Crippen LogP contribution in [0.1, 0.15) is 37.7 Å². The molecule has 4 nitrogen and oxygen atoms in total. The molecular weight excluding hydrogens is 288 g/mol. The van der Waals surface area contributed by atoms with Crippen LogP contribution in [0.4, 0.5) is 0 Å². The first-order chi connectivity index (χ1) is 11.3. The highest BCUT2D eigenvalue weighted by Crippen LogP contribution is 2.29. The van der Waals surface area contributed by atoms with Crippen molar-refractivity contribution in [2.24, 2.45) is 5.92 Å². The van der Waals surface area contributed by atoms with Crippen LogP contribution >= 0.6 is 0 Å². The number of aliphatic hydroxyl groups is 1. The molecule has 23 heavy (non-hydrogen) atoms. The van der Waals surface area contributed by atoms with E-state index in [9.17, 15) is 5.11 Å². The topological polar surface area (TPSA) is 47.3 Å². The Morgan fingerprint density at radius 2 is 2.09 bits per heavy atom. The van der Waals surface area contributed by atoms with Crippen LogP contribution in [0.2, 0.25) is 0 Å². The molecule has 1 fully saturated rings. The van der Waals surface area contributed by atoms with E-state index >= 15 is 0 Å². The van der Waals surface area contributed by atoms with Gasteiger partial charge in [-0.25, -0.2) is 0 Å². The number of nitrogens with zero attached hydrogens (tertiary/aromatic N) is 2. The van der Waals surface area contributed by atoms with E-state index in [1.165, 1.54) is 32.1 Å². The molecule has 1 aromatic carbocycles. The monoisotopic (exact) mass is 314 g/mol. The number of aliphatic hydroxyl groups excluding tert-OH is 1. The average molecular weight is 314 g/mol. The number of methoxy groups -OCH3 is 1. The average Bonchev–Trinajstić information content (AvgIpc) is 3.04. The highest BCUT2D eigenvalue weighted by atomic mass is 16.5. The molecule has 0 amide bonds. The maximum Gasteiger partial charge on any atom is 0.119 e. The van der Waals surface area contributed by atoms with Gasteiger partial charge < -0.3 is 9.84 Å². The zero-order valence-corrected chi connectivity index (χ0v) is 13.9. The second-order valence-electron chi connectivity index (χ2n) is 6.45. The number of benzene rings is 1. The van der Waals surface area contributed by atoms with Crippen LogP contribution < -0.4 is 4.74 Å². The molecule has 0 atom stereocenters. The van der Waals surface area contributed by atoms with Crippen LogP contribution in [0.5, 0.6) is 5.75 Å². The Morgan fingerprint density at radius 1 is 1.26 bits per heavy atom. The SMILES string of the molecule is COc1ccc(-c2cnn(CC3CCCCC3)c2)c(CCO)c1. The van der Waals surface area contributed by atoms with Gasteiger partial charge in [0.1, 0.15) is 5.75 Å². The molecular formula is C19H26N2O2. The number of rotatable bonds is 6.